The number of rotatable bonds is 6. The molecule has 118 valence electrons. The summed E-state index contributed by atoms with van der Waals surface area (Å²) in [5, 5.41) is 7.53. The van der Waals surface area contributed by atoms with E-state index in [1.165, 1.54) is 50.9 Å². The quantitative estimate of drug-likeness (QED) is 0.889. The Hall–Kier alpha value is -1.72. The van der Waals surface area contributed by atoms with Crippen molar-refractivity contribution >= 4 is 0 Å². The fraction of sp³-hybridized carbons (Fsp3) is 0.529. The van der Waals surface area contributed by atoms with E-state index >= 15 is 0 Å². The van der Waals surface area contributed by atoms with E-state index in [0.29, 0.717) is 11.9 Å². The van der Waals surface area contributed by atoms with Crippen LogP contribution in [0.5, 0.6) is 0 Å². The van der Waals surface area contributed by atoms with Crippen molar-refractivity contribution in [3.8, 4) is 11.4 Å². The highest BCUT2D eigenvalue weighted by Crippen LogP contribution is 2.16. The molecule has 1 saturated heterocycles. The number of nitrogens with one attached hydrogen (secondary N) is 1. The molecule has 5 heteroatoms. The van der Waals surface area contributed by atoms with Crippen LogP contribution in [0.25, 0.3) is 11.4 Å². The standard InChI is InChI=1S/C17H24N4O/c1-2-9-21-10-7-16(8-11-21)18-12-14-3-5-15(6-4-14)17-19-13-22-20-17/h3-6,13,16,18H,2,7-12H2,1H3. The minimum Gasteiger partial charge on any atom is -0.342 e. The summed E-state index contributed by atoms with van der Waals surface area (Å²) in [6.07, 6.45) is 5.11. The largest absolute Gasteiger partial charge is 0.342 e. The van der Waals surface area contributed by atoms with Crippen molar-refractivity contribution < 1.29 is 4.52 Å². The van der Waals surface area contributed by atoms with Crippen molar-refractivity contribution in [2.75, 3.05) is 19.6 Å². The number of hydrogen-bond acceptors (Lipinski definition) is 5. The van der Waals surface area contributed by atoms with Crippen LogP contribution in [0.3, 0.4) is 0 Å². The molecule has 0 saturated carbocycles. The molecule has 1 aromatic heterocycles. The number of piperidine rings is 1. The van der Waals surface area contributed by atoms with Crippen LogP contribution in [0.15, 0.2) is 35.2 Å². The maximum absolute atomic E-state index is 4.77. The van der Waals surface area contributed by atoms with E-state index in [-0.39, 0.29) is 0 Å². The summed E-state index contributed by atoms with van der Waals surface area (Å²) in [6, 6.07) is 9.00. The van der Waals surface area contributed by atoms with Crippen LogP contribution in [0.4, 0.5) is 0 Å². The van der Waals surface area contributed by atoms with Crippen LogP contribution >= 0.6 is 0 Å². The van der Waals surface area contributed by atoms with E-state index < -0.39 is 0 Å². The predicted octanol–water partition coefficient (Wildman–Crippen LogP) is 2.70. The van der Waals surface area contributed by atoms with Gasteiger partial charge in [0.25, 0.3) is 0 Å². The van der Waals surface area contributed by atoms with Crippen molar-refractivity contribution in [3.63, 3.8) is 0 Å². The SMILES string of the molecule is CCCN1CCC(NCc2ccc(-c3ncon3)cc2)CC1. The summed E-state index contributed by atoms with van der Waals surface area (Å²) in [7, 11) is 0. The average Bonchev–Trinajstić information content (AvgIpc) is 3.09. The molecule has 0 bridgehead atoms. The highest BCUT2D eigenvalue weighted by molar-refractivity contribution is 5.54. The molecule has 1 aliphatic heterocycles. The third-order valence-electron chi connectivity index (χ3n) is 4.30. The van der Waals surface area contributed by atoms with Gasteiger partial charge in [0.15, 0.2) is 0 Å². The number of aromatic nitrogens is 2. The molecule has 1 aliphatic rings. The monoisotopic (exact) mass is 300 g/mol. The lowest BCUT2D eigenvalue weighted by atomic mass is 10.0. The second-order valence-electron chi connectivity index (χ2n) is 5.95. The van der Waals surface area contributed by atoms with Crippen LogP contribution in [-0.2, 0) is 6.54 Å². The molecule has 2 aromatic rings. The van der Waals surface area contributed by atoms with Gasteiger partial charge in [0, 0.05) is 18.2 Å². The fourth-order valence-corrected chi connectivity index (χ4v) is 3.01. The summed E-state index contributed by atoms with van der Waals surface area (Å²) in [5.41, 5.74) is 2.29. The van der Waals surface area contributed by atoms with E-state index in [2.05, 4.69) is 39.4 Å². The summed E-state index contributed by atoms with van der Waals surface area (Å²) in [4.78, 5) is 6.63. The van der Waals surface area contributed by atoms with Gasteiger partial charge in [-0.1, -0.05) is 36.3 Å². The van der Waals surface area contributed by atoms with E-state index in [9.17, 15) is 0 Å². The van der Waals surface area contributed by atoms with Crippen molar-refractivity contribution in [1.82, 2.24) is 20.4 Å². The number of likely N-dealkylation sites (tertiary alicyclic amines) is 1. The first-order valence-electron chi connectivity index (χ1n) is 8.16. The summed E-state index contributed by atoms with van der Waals surface area (Å²) in [6.45, 7) is 6.86. The molecule has 1 fully saturated rings. The number of benzene rings is 1. The lowest BCUT2D eigenvalue weighted by Crippen LogP contribution is -2.42. The topological polar surface area (TPSA) is 54.2 Å². The Morgan fingerprint density at radius 3 is 2.64 bits per heavy atom. The van der Waals surface area contributed by atoms with Gasteiger partial charge in [-0.2, -0.15) is 4.98 Å². The first-order chi connectivity index (χ1) is 10.8. The van der Waals surface area contributed by atoms with Gasteiger partial charge in [0.05, 0.1) is 0 Å². The summed E-state index contributed by atoms with van der Waals surface area (Å²) < 4.78 is 4.77. The Balaban J connectivity index is 1.46. The molecule has 0 radical (unpaired) electrons. The Labute approximate surface area is 131 Å². The van der Waals surface area contributed by atoms with Gasteiger partial charge in [0.1, 0.15) is 0 Å². The molecule has 0 amide bonds. The lowest BCUT2D eigenvalue weighted by Gasteiger charge is -2.32. The zero-order valence-electron chi connectivity index (χ0n) is 13.2. The molecule has 5 nitrogen and oxygen atoms in total. The zero-order chi connectivity index (χ0) is 15.2. The molecule has 0 unspecified atom stereocenters. The fourth-order valence-electron chi connectivity index (χ4n) is 3.01. The van der Waals surface area contributed by atoms with E-state index in [1.807, 2.05) is 12.1 Å². The maximum Gasteiger partial charge on any atom is 0.214 e. The highest BCUT2D eigenvalue weighted by Gasteiger charge is 2.17. The normalized spacial score (nSPS) is 17.0. The average molecular weight is 300 g/mol. The lowest BCUT2D eigenvalue weighted by molar-refractivity contribution is 0.197. The molecule has 1 aromatic carbocycles. The molecule has 0 aliphatic carbocycles. The molecule has 3 rings (SSSR count). The molecule has 22 heavy (non-hydrogen) atoms. The number of nitrogens with zero attached hydrogens (tertiary/aromatic N) is 3. The van der Waals surface area contributed by atoms with Gasteiger partial charge in [-0.05, 0) is 44.5 Å². The first-order valence-corrected chi connectivity index (χ1v) is 8.16. The Morgan fingerprint density at radius 1 is 1.23 bits per heavy atom. The van der Waals surface area contributed by atoms with Crippen LogP contribution in [0, 0.1) is 0 Å². The number of hydrogen-bond donors (Lipinski definition) is 1. The first kappa shape index (κ1) is 15.2. The molecular weight excluding hydrogens is 276 g/mol. The smallest absolute Gasteiger partial charge is 0.214 e. The van der Waals surface area contributed by atoms with E-state index in [1.54, 1.807) is 0 Å². The van der Waals surface area contributed by atoms with E-state index in [0.717, 1.165) is 12.1 Å². The van der Waals surface area contributed by atoms with Crippen molar-refractivity contribution in [2.24, 2.45) is 0 Å². The van der Waals surface area contributed by atoms with Crippen molar-refractivity contribution in [1.29, 1.82) is 0 Å². The van der Waals surface area contributed by atoms with Crippen LogP contribution in [0.1, 0.15) is 31.7 Å². The second-order valence-corrected chi connectivity index (χ2v) is 5.95. The molecule has 2 heterocycles. The minimum atomic E-state index is 0.641. The van der Waals surface area contributed by atoms with Crippen LogP contribution < -0.4 is 5.32 Å². The van der Waals surface area contributed by atoms with E-state index in [4.69, 9.17) is 4.52 Å². The zero-order valence-corrected chi connectivity index (χ0v) is 13.2. The Morgan fingerprint density at radius 2 is 2.00 bits per heavy atom. The van der Waals surface area contributed by atoms with Gasteiger partial charge in [-0.25, -0.2) is 0 Å². The molecule has 0 spiro atoms. The second kappa shape index (κ2) is 7.51. The van der Waals surface area contributed by atoms with Crippen molar-refractivity contribution in [3.05, 3.63) is 36.2 Å². The maximum atomic E-state index is 4.77. The van der Waals surface area contributed by atoms with Gasteiger partial charge < -0.3 is 14.7 Å². The Bertz CT molecular complexity index is 545. The van der Waals surface area contributed by atoms with Gasteiger partial charge in [-0.15, -0.1) is 0 Å². The third kappa shape index (κ3) is 3.93. The van der Waals surface area contributed by atoms with Gasteiger partial charge in [0.2, 0.25) is 12.2 Å². The molecule has 0 atom stereocenters. The van der Waals surface area contributed by atoms with Gasteiger partial charge in [-0.3, -0.25) is 0 Å². The van der Waals surface area contributed by atoms with Crippen molar-refractivity contribution in [2.45, 2.75) is 38.8 Å². The summed E-state index contributed by atoms with van der Waals surface area (Å²) >= 11 is 0. The predicted molar refractivity (Wildman–Crippen MR) is 86.3 cm³/mol. The highest BCUT2D eigenvalue weighted by atomic mass is 16.5. The molecular formula is C17H24N4O. The van der Waals surface area contributed by atoms with Crippen LogP contribution in [0.2, 0.25) is 0 Å². The minimum absolute atomic E-state index is 0.641. The van der Waals surface area contributed by atoms with Gasteiger partial charge >= 0.3 is 0 Å². The third-order valence-corrected chi connectivity index (χ3v) is 4.30. The summed E-state index contributed by atoms with van der Waals surface area (Å²) in [5.74, 6) is 0.641. The molecule has 1 N–H and O–H groups in total. The Kier molecular flexibility index (Phi) is 5.19. The van der Waals surface area contributed by atoms with Crippen LogP contribution in [-0.4, -0.2) is 40.7 Å².